The highest BCUT2D eigenvalue weighted by molar-refractivity contribution is 8.00. The average molecular weight is 355 g/mol. The first-order valence-electron chi connectivity index (χ1n) is 7.01. The molecule has 0 saturated carbocycles. The third-order valence-electron chi connectivity index (χ3n) is 3.30. The van der Waals surface area contributed by atoms with Gasteiger partial charge in [0, 0.05) is 18.0 Å². The molecule has 0 atom stereocenters. The number of aryl methyl sites for hydroxylation is 2. The summed E-state index contributed by atoms with van der Waals surface area (Å²) in [6, 6.07) is 5.78. The second-order valence-electron chi connectivity index (χ2n) is 5.11. The summed E-state index contributed by atoms with van der Waals surface area (Å²) in [7, 11) is 1.79. The summed E-state index contributed by atoms with van der Waals surface area (Å²) in [5.41, 5.74) is -1.47. The van der Waals surface area contributed by atoms with Crippen molar-refractivity contribution in [2.24, 2.45) is 7.05 Å². The Morgan fingerprint density at radius 3 is 2.38 bits per heavy atom. The Hall–Kier alpha value is -2.22. The van der Waals surface area contributed by atoms with Crippen LogP contribution in [0.5, 0.6) is 0 Å². The molecule has 4 nitrogen and oxygen atoms in total. The van der Waals surface area contributed by atoms with E-state index in [0.29, 0.717) is 16.9 Å². The van der Waals surface area contributed by atoms with Crippen LogP contribution in [0.3, 0.4) is 0 Å². The molecule has 128 valence electrons. The minimum absolute atomic E-state index is 0.103. The molecule has 8 heteroatoms. The highest BCUT2D eigenvalue weighted by Crippen LogP contribution is 2.36. The van der Waals surface area contributed by atoms with Gasteiger partial charge in [-0.2, -0.15) is 18.3 Å². The Morgan fingerprint density at radius 1 is 1.25 bits per heavy atom. The molecule has 0 saturated heterocycles. The van der Waals surface area contributed by atoms with Gasteiger partial charge in [0.15, 0.2) is 0 Å². The lowest BCUT2D eigenvalue weighted by Crippen LogP contribution is -2.09. The van der Waals surface area contributed by atoms with Gasteiger partial charge >= 0.3 is 5.51 Å². The van der Waals surface area contributed by atoms with Crippen LogP contribution in [0.25, 0.3) is 6.08 Å². The number of hydrogen-bond donors (Lipinski definition) is 1. The number of carbonyl (C=O) groups excluding carboxylic acids is 1. The van der Waals surface area contributed by atoms with Crippen molar-refractivity contribution in [3.8, 4) is 0 Å². The summed E-state index contributed by atoms with van der Waals surface area (Å²) in [5.74, 6) is -0.331. The van der Waals surface area contributed by atoms with Gasteiger partial charge < -0.3 is 5.32 Å². The second kappa shape index (κ2) is 7.12. The van der Waals surface area contributed by atoms with E-state index in [9.17, 15) is 18.0 Å². The van der Waals surface area contributed by atoms with Crippen LogP contribution in [-0.2, 0) is 11.8 Å². The monoisotopic (exact) mass is 355 g/mol. The lowest BCUT2D eigenvalue weighted by Gasteiger charge is -2.05. The number of nitrogens with zero attached hydrogens (tertiary/aromatic N) is 2. The molecule has 1 aromatic carbocycles. The van der Waals surface area contributed by atoms with E-state index in [4.69, 9.17) is 0 Å². The fourth-order valence-corrected chi connectivity index (χ4v) is 2.61. The summed E-state index contributed by atoms with van der Waals surface area (Å²) in [6.07, 6.45) is 2.87. The minimum atomic E-state index is -4.31. The molecule has 24 heavy (non-hydrogen) atoms. The molecule has 1 N–H and O–H groups in total. The number of benzene rings is 1. The molecule has 0 unspecified atom stereocenters. The third kappa shape index (κ3) is 4.89. The van der Waals surface area contributed by atoms with E-state index in [1.165, 1.54) is 30.3 Å². The van der Waals surface area contributed by atoms with Crippen LogP contribution < -0.4 is 5.32 Å². The van der Waals surface area contributed by atoms with E-state index in [0.717, 1.165) is 5.69 Å². The van der Waals surface area contributed by atoms with E-state index in [1.54, 1.807) is 24.7 Å². The Morgan fingerprint density at radius 2 is 1.88 bits per heavy atom. The van der Waals surface area contributed by atoms with Crippen LogP contribution in [0.1, 0.15) is 17.0 Å². The molecule has 0 aliphatic carbocycles. The Balaban J connectivity index is 2.01. The highest BCUT2D eigenvalue weighted by Gasteiger charge is 2.28. The van der Waals surface area contributed by atoms with Crippen LogP contribution in [-0.4, -0.2) is 21.2 Å². The number of thioether (sulfide) groups is 1. The standard InChI is InChI=1S/C16H16F3N3OS/c1-10-15(11(2)22(3)21-10)20-14(23)9-6-12-4-7-13(8-5-12)24-16(17,18)19/h4-9H,1-3H3,(H,20,23)/b9-6+. The molecule has 2 rings (SSSR count). The Labute approximate surface area is 141 Å². The fraction of sp³-hybridized carbons (Fsp3) is 0.250. The molecule has 1 amide bonds. The van der Waals surface area contributed by atoms with Crippen molar-refractivity contribution < 1.29 is 18.0 Å². The third-order valence-corrected chi connectivity index (χ3v) is 4.04. The normalized spacial score (nSPS) is 11.9. The topological polar surface area (TPSA) is 46.9 Å². The molecule has 0 aliphatic rings. The zero-order valence-electron chi connectivity index (χ0n) is 13.3. The van der Waals surface area contributed by atoms with E-state index in [-0.39, 0.29) is 22.6 Å². The molecule has 0 bridgehead atoms. The van der Waals surface area contributed by atoms with Crippen molar-refractivity contribution in [2.75, 3.05) is 5.32 Å². The van der Waals surface area contributed by atoms with Gasteiger partial charge in [0.2, 0.25) is 5.91 Å². The summed E-state index contributed by atoms with van der Waals surface area (Å²) < 4.78 is 38.4. The first-order valence-corrected chi connectivity index (χ1v) is 7.82. The summed E-state index contributed by atoms with van der Waals surface area (Å²) in [4.78, 5) is 12.1. The van der Waals surface area contributed by atoms with Crippen molar-refractivity contribution >= 4 is 29.4 Å². The number of carbonyl (C=O) groups is 1. The number of nitrogens with one attached hydrogen (secondary N) is 1. The van der Waals surface area contributed by atoms with Crippen molar-refractivity contribution in [1.29, 1.82) is 0 Å². The maximum atomic E-state index is 12.3. The number of halogens is 3. The largest absolute Gasteiger partial charge is 0.446 e. The predicted molar refractivity (Wildman–Crippen MR) is 88.7 cm³/mol. The van der Waals surface area contributed by atoms with Crippen LogP contribution in [0.15, 0.2) is 35.2 Å². The Bertz CT molecular complexity index is 764. The highest BCUT2D eigenvalue weighted by atomic mass is 32.2. The van der Waals surface area contributed by atoms with Gasteiger partial charge in [0.1, 0.15) is 0 Å². The van der Waals surface area contributed by atoms with Crippen molar-refractivity contribution in [1.82, 2.24) is 9.78 Å². The van der Waals surface area contributed by atoms with Crippen LogP contribution in [0.2, 0.25) is 0 Å². The lowest BCUT2D eigenvalue weighted by atomic mass is 10.2. The van der Waals surface area contributed by atoms with Crippen molar-refractivity contribution in [3.05, 3.63) is 47.3 Å². The molecule has 2 aromatic rings. The molecular formula is C16H16F3N3OS. The molecule has 1 aromatic heterocycles. The maximum absolute atomic E-state index is 12.3. The lowest BCUT2D eigenvalue weighted by molar-refractivity contribution is -0.111. The first-order chi connectivity index (χ1) is 11.2. The summed E-state index contributed by atoms with van der Waals surface area (Å²) in [6.45, 7) is 3.64. The molecule has 0 aliphatic heterocycles. The number of aromatic nitrogens is 2. The molecule has 1 heterocycles. The number of anilines is 1. The summed E-state index contributed by atoms with van der Waals surface area (Å²) in [5, 5.41) is 6.95. The van der Waals surface area contributed by atoms with E-state index < -0.39 is 5.51 Å². The zero-order chi connectivity index (χ0) is 17.9. The average Bonchev–Trinajstić information content (AvgIpc) is 2.71. The molecule has 0 spiro atoms. The molecule has 0 radical (unpaired) electrons. The summed E-state index contributed by atoms with van der Waals surface area (Å²) >= 11 is -0.172. The van der Waals surface area contributed by atoms with E-state index in [1.807, 2.05) is 6.92 Å². The van der Waals surface area contributed by atoms with Gasteiger partial charge in [-0.25, -0.2) is 0 Å². The maximum Gasteiger partial charge on any atom is 0.446 e. The minimum Gasteiger partial charge on any atom is -0.319 e. The number of amides is 1. The smallest absolute Gasteiger partial charge is 0.319 e. The van der Waals surface area contributed by atoms with Gasteiger partial charge in [-0.3, -0.25) is 9.48 Å². The number of alkyl halides is 3. The molecule has 0 fully saturated rings. The number of rotatable bonds is 4. The van der Waals surface area contributed by atoms with Crippen LogP contribution >= 0.6 is 11.8 Å². The van der Waals surface area contributed by atoms with Crippen LogP contribution in [0, 0.1) is 13.8 Å². The van der Waals surface area contributed by atoms with Gasteiger partial charge in [-0.1, -0.05) is 12.1 Å². The first kappa shape index (κ1) is 18.1. The van der Waals surface area contributed by atoms with E-state index >= 15 is 0 Å². The predicted octanol–water partition coefficient (Wildman–Crippen LogP) is 4.30. The van der Waals surface area contributed by atoms with Gasteiger partial charge in [-0.05, 0) is 49.4 Å². The quantitative estimate of drug-likeness (QED) is 0.657. The fourth-order valence-electron chi connectivity index (χ4n) is 2.07. The Kier molecular flexibility index (Phi) is 5.38. The van der Waals surface area contributed by atoms with E-state index in [2.05, 4.69) is 10.4 Å². The van der Waals surface area contributed by atoms with Crippen LogP contribution in [0.4, 0.5) is 18.9 Å². The van der Waals surface area contributed by atoms with Crippen molar-refractivity contribution in [3.63, 3.8) is 0 Å². The number of hydrogen-bond acceptors (Lipinski definition) is 3. The van der Waals surface area contributed by atoms with Gasteiger partial charge in [0.05, 0.1) is 17.1 Å². The van der Waals surface area contributed by atoms with Crippen molar-refractivity contribution in [2.45, 2.75) is 24.3 Å². The second-order valence-corrected chi connectivity index (χ2v) is 6.25. The SMILES string of the molecule is Cc1nn(C)c(C)c1NC(=O)/C=C/c1ccc(SC(F)(F)F)cc1. The van der Waals surface area contributed by atoms with Gasteiger partial charge in [0.25, 0.3) is 0 Å². The van der Waals surface area contributed by atoms with Gasteiger partial charge in [-0.15, -0.1) is 0 Å². The zero-order valence-corrected chi connectivity index (χ0v) is 14.1. The molecular weight excluding hydrogens is 339 g/mol.